The molecule has 1 aliphatic heterocycles. The van der Waals surface area contributed by atoms with E-state index in [9.17, 15) is 0 Å². The van der Waals surface area contributed by atoms with Gasteiger partial charge >= 0.3 is 0 Å². The highest BCUT2D eigenvalue weighted by Crippen LogP contribution is 2.35. The van der Waals surface area contributed by atoms with Crippen molar-refractivity contribution in [1.29, 1.82) is 5.41 Å². The maximum Gasteiger partial charge on any atom is 0.159 e. The smallest absolute Gasteiger partial charge is 0.159 e. The highest BCUT2D eigenvalue weighted by molar-refractivity contribution is 5.95. The topological polar surface area (TPSA) is 67.5 Å². The van der Waals surface area contributed by atoms with Gasteiger partial charge in [0.25, 0.3) is 0 Å². The van der Waals surface area contributed by atoms with Crippen molar-refractivity contribution in [3.05, 3.63) is 48.1 Å². The van der Waals surface area contributed by atoms with Gasteiger partial charge in [-0.1, -0.05) is 6.08 Å². The Morgan fingerprint density at radius 3 is 3.00 bits per heavy atom. The van der Waals surface area contributed by atoms with Crippen molar-refractivity contribution >= 4 is 23.3 Å². The van der Waals surface area contributed by atoms with Crippen LogP contribution >= 0.6 is 0 Å². The van der Waals surface area contributed by atoms with Crippen molar-refractivity contribution < 1.29 is 0 Å². The quantitative estimate of drug-likeness (QED) is 0.542. The van der Waals surface area contributed by atoms with E-state index in [1.165, 1.54) is 23.0 Å². The molecule has 0 atom stereocenters. The summed E-state index contributed by atoms with van der Waals surface area (Å²) in [5.41, 5.74) is 5.51. The van der Waals surface area contributed by atoms with Crippen LogP contribution in [0.3, 0.4) is 0 Å². The Morgan fingerprint density at radius 2 is 2.08 bits per heavy atom. The highest BCUT2D eigenvalue weighted by Gasteiger charge is 2.23. The highest BCUT2D eigenvalue weighted by atomic mass is 15.3. The first-order chi connectivity index (χ1) is 12.4. The van der Waals surface area contributed by atoms with Gasteiger partial charge in [-0.3, -0.25) is 4.68 Å². The molecule has 0 aliphatic carbocycles. The molecule has 0 saturated carbocycles. The molecule has 0 radical (unpaired) electrons. The molecule has 0 saturated heterocycles. The van der Waals surface area contributed by atoms with Crippen molar-refractivity contribution in [3.8, 4) is 11.1 Å². The third-order valence-electron chi connectivity index (χ3n) is 4.65. The molecule has 1 N–H and O–H groups in total. The third kappa shape index (κ3) is 2.97. The molecule has 4 rings (SSSR count). The molecule has 3 aromatic rings. The molecule has 0 bridgehead atoms. The number of aromatic nitrogens is 4. The molecular weight excluding hydrogens is 310 g/mol. The summed E-state index contributed by atoms with van der Waals surface area (Å²) in [6.07, 6.45) is 14.4. The van der Waals surface area contributed by atoms with Crippen LogP contribution in [0.4, 0.5) is 0 Å². The number of allylic oxidation sites excluding steroid dienone is 1. The number of hydrogen-bond donors (Lipinski definition) is 1. The molecule has 5 heteroatoms. The van der Waals surface area contributed by atoms with E-state index in [1.807, 2.05) is 12.3 Å². The largest absolute Gasteiger partial charge is 0.313 e. The summed E-state index contributed by atoms with van der Waals surface area (Å²) in [7, 11) is 0. The van der Waals surface area contributed by atoms with Crippen molar-refractivity contribution in [3.63, 3.8) is 0 Å². The SMILES string of the molecule is N=CCCC/C=C/c1nn2c(c1-c1ccnc3ncccc13)CCC2. The lowest BCUT2D eigenvalue weighted by Crippen LogP contribution is -1.94. The zero-order chi connectivity index (χ0) is 17.1. The summed E-state index contributed by atoms with van der Waals surface area (Å²) in [4.78, 5) is 8.79. The average molecular weight is 331 g/mol. The average Bonchev–Trinajstić information content (AvgIpc) is 3.22. The van der Waals surface area contributed by atoms with Gasteiger partial charge in [-0.2, -0.15) is 5.10 Å². The van der Waals surface area contributed by atoms with Gasteiger partial charge < -0.3 is 5.41 Å². The summed E-state index contributed by atoms with van der Waals surface area (Å²) in [5, 5.41) is 13.0. The lowest BCUT2D eigenvalue weighted by molar-refractivity contribution is 0.654. The van der Waals surface area contributed by atoms with Crippen LogP contribution in [0.1, 0.15) is 37.1 Å². The molecule has 1 aliphatic rings. The van der Waals surface area contributed by atoms with Crippen LogP contribution in [0, 0.1) is 5.41 Å². The number of hydrogen-bond acceptors (Lipinski definition) is 4. The molecule has 126 valence electrons. The predicted molar refractivity (Wildman–Crippen MR) is 101 cm³/mol. The van der Waals surface area contributed by atoms with Gasteiger partial charge in [-0.05, 0) is 68.2 Å². The molecule has 3 aromatic heterocycles. The Kier molecular flexibility index (Phi) is 4.37. The Bertz CT molecular complexity index is 933. The first-order valence-electron chi connectivity index (χ1n) is 8.84. The lowest BCUT2D eigenvalue weighted by atomic mass is 9.99. The second-order valence-electron chi connectivity index (χ2n) is 6.30. The number of pyridine rings is 2. The molecule has 0 unspecified atom stereocenters. The van der Waals surface area contributed by atoms with E-state index in [0.29, 0.717) is 0 Å². The number of aryl methyl sites for hydroxylation is 1. The monoisotopic (exact) mass is 331 g/mol. The molecule has 4 heterocycles. The summed E-state index contributed by atoms with van der Waals surface area (Å²) < 4.78 is 2.15. The summed E-state index contributed by atoms with van der Waals surface area (Å²) in [6, 6.07) is 6.12. The molecule has 0 spiro atoms. The van der Waals surface area contributed by atoms with Gasteiger partial charge in [0.05, 0.1) is 5.69 Å². The Hall–Kier alpha value is -2.82. The van der Waals surface area contributed by atoms with Crippen LogP contribution < -0.4 is 0 Å². The third-order valence-corrected chi connectivity index (χ3v) is 4.65. The second kappa shape index (κ2) is 6.97. The van der Waals surface area contributed by atoms with Gasteiger partial charge in [0.15, 0.2) is 5.65 Å². The lowest BCUT2D eigenvalue weighted by Gasteiger charge is -2.06. The van der Waals surface area contributed by atoms with Crippen LogP contribution in [0.5, 0.6) is 0 Å². The Balaban J connectivity index is 1.79. The molecule has 0 aromatic carbocycles. The van der Waals surface area contributed by atoms with Crippen molar-refractivity contribution in [2.75, 3.05) is 0 Å². The van der Waals surface area contributed by atoms with E-state index in [2.05, 4.69) is 38.9 Å². The van der Waals surface area contributed by atoms with Crippen LogP contribution in [0.25, 0.3) is 28.2 Å². The zero-order valence-corrected chi connectivity index (χ0v) is 14.2. The maximum atomic E-state index is 7.11. The molecule has 0 amide bonds. The fourth-order valence-electron chi connectivity index (χ4n) is 3.50. The Labute approximate surface area is 146 Å². The van der Waals surface area contributed by atoms with E-state index < -0.39 is 0 Å². The first kappa shape index (κ1) is 15.7. The minimum absolute atomic E-state index is 0.777. The maximum absolute atomic E-state index is 7.11. The summed E-state index contributed by atoms with van der Waals surface area (Å²) in [6.45, 7) is 0.991. The van der Waals surface area contributed by atoms with E-state index in [-0.39, 0.29) is 0 Å². The van der Waals surface area contributed by atoms with Crippen LogP contribution in [-0.2, 0) is 13.0 Å². The predicted octanol–water partition coefficient (Wildman–Crippen LogP) is 4.27. The van der Waals surface area contributed by atoms with E-state index >= 15 is 0 Å². The van der Waals surface area contributed by atoms with E-state index in [4.69, 9.17) is 10.5 Å². The van der Waals surface area contributed by atoms with E-state index in [0.717, 1.165) is 55.4 Å². The molecular formula is C20H21N5. The van der Waals surface area contributed by atoms with Crippen LogP contribution in [0.15, 0.2) is 36.7 Å². The number of fused-ring (bicyclic) bond motifs is 2. The van der Waals surface area contributed by atoms with Gasteiger partial charge in [0.2, 0.25) is 0 Å². The van der Waals surface area contributed by atoms with Gasteiger partial charge in [0, 0.05) is 35.6 Å². The van der Waals surface area contributed by atoms with Gasteiger partial charge in [-0.25, -0.2) is 9.97 Å². The number of unbranched alkanes of at least 4 members (excludes halogenated alkanes) is 2. The fraction of sp³-hybridized carbons (Fsp3) is 0.300. The molecule has 5 nitrogen and oxygen atoms in total. The fourth-order valence-corrected chi connectivity index (χ4v) is 3.50. The van der Waals surface area contributed by atoms with Gasteiger partial charge in [-0.15, -0.1) is 0 Å². The standard InChI is InChI=1S/C20H21N5/c21-11-4-2-1-3-8-17-19(18-9-6-14-25(18)24-17)15-10-13-23-20-16(15)7-5-12-22-20/h3,5,7-8,10-13,21H,1-2,4,6,9,14H2/b8-3+,21-11?. The Morgan fingerprint density at radius 1 is 1.16 bits per heavy atom. The van der Waals surface area contributed by atoms with Crippen molar-refractivity contribution in [2.45, 2.75) is 38.6 Å². The minimum atomic E-state index is 0.777. The first-order valence-corrected chi connectivity index (χ1v) is 8.84. The molecule has 25 heavy (non-hydrogen) atoms. The number of nitrogens with one attached hydrogen (secondary N) is 1. The molecule has 0 fully saturated rings. The van der Waals surface area contributed by atoms with Gasteiger partial charge in [0.1, 0.15) is 0 Å². The minimum Gasteiger partial charge on any atom is -0.313 e. The summed E-state index contributed by atoms with van der Waals surface area (Å²) in [5.74, 6) is 0. The number of nitrogens with zero attached hydrogens (tertiary/aromatic N) is 4. The van der Waals surface area contributed by atoms with Crippen molar-refractivity contribution in [1.82, 2.24) is 19.7 Å². The zero-order valence-electron chi connectivity index (χ0n) is 14.2. The second-order valence-corrected chi connectivity index (χ2v) is 6.30. The van der Waals surface area contributed by atoms with Crippen LogP contribution in [0.2, 0.25) is 0 Å². The van der Waals surface area contributed by atoms with Crippen molar-refractivity contribution in [2.24, 2.45) is 0 Å². The number of rotatable bonds is 6. The van der Waals surface area contributed by atoms with Crippen LogP contribution in [-0.4, -0.2) is 26.0 Å². The summed E-state index contributed by atoms with van der Waals surface area (Å²) >= 11 is 0. The normalized spacial score (nSPS) is 13.6. The van der Waals surface area contributed by atoms with E-state index in [1.54, 1.807) is 6.20 Å².